The summed E-state index contributed by atoms with van der Waals surface area (Å²) >= 11 is 0. The largest absolute Gasteiger partial charge is 0.444 e. The van der Waals surface area contributed by atoms with Crippen molar-refractivity contribution in [1.29, 1.82) is 0 Å². The molecule has 0 radical (unpaired) electrons. The number of hydrogen-bond acceptors (Lipinski definition) is 3. The van der Waals surface area contributed by atoms with Crippen molar-refractivity contribution < 1.29 is 13.9 Å². The van der Waals surface area contributed by atoms with Crippen LogP contribution in [-0.4, -0.2) is 23.8 Å². The second-order valence-corrected chi connectivity index (χ2v) is 6.95. The third-order valence-electron chi connectivity index (χ3n) is 3.71. The third-order valence-corrected chi connectivity index (χ3v) is 3.71. The molecule has 1 aromatic rings. The van der Waals surface area contributed by atoms with Gasteiger partial charge in [0.1, 0.15) is 11.4 Å². The first-order valence-corrected chi connectivity index (χ1v) is 7.74. The molecule has 1 atom stereocenters. The van der Waals surface area contributed by atoms with E-state index in [2.05, 4.69) is 17.6 Å². The van der Waals surface area contributed by atoms with Gasteiger partial charge >= 0.3 is 6.09 Å². The molecule has 1 aliphatic rings. The minimum Gasteiger partial charge on any atom is -0.444 e. The van der Waals surface area contributed by atoms with Crippen LogP contribution in [0, 0.1) is 5.82 Å². The van der Waals surface area contributed by atoms with Crippen LogP contribution in [0.3, 0.4) is 0 Å². The van der Waals surface area contributed by atoms with E-state index in [4.69, 9.17) is 4.74 Å². The van der Waals surface area contributed by atoms with Crippen LogP contribution in [-0.2, 0) is 4.74 Å². The summed E-state index contributed by atoms with van der Waals surface area (Å²) in [6.07, 6.45) is 1.40. The van der Waals surface area contributed by atoms with Crippen molar-refractivity contribution in [2.24, 2.45) is 0 Å². The van der Waals surface area contributed by atoms with Crippen molar-refractivity contribution in [2.45, 2.75) is 64.3 Å². The maximum Gasteiger partial charge on any atom is 0.407 e. The van der Waals surface area contributed by atoms with E-state index >= 15 is 0 Å². The Hall–Kier alpha value is -1.62. The van der Waals surface area contributed by atoms with Gasteiger partial charge in [-0.25, -0.2) is 9.18 Å². The Kier molecular flexibility index (Phi) is 5.06. The summed E-state index contributed by atoms with van der Waals surface area (Å²) in [7, 11) is 0. The van der Waals surface area contributed by atoms with E-state index < -0.39 is 5.60 Å². The highest BCUT2D eigenvalue weighted by Gasteiger charge is 2.32. The molecule has 1 aliphatic carbocycles. The highest BCUT2D eigenvalue weighted by molar-refractivity contribution is 5.68. The fraction of sp³-hybridized carbons (Fsp3) is 0.588. The average molecular weight is 308 g/mol. The van der Waals surface area contributed by atoms with Gasteiger partial charge in [0.2, 0.25) is 0 Å². The Morgan fingerprint density at radius 3 is 2.36 bits per heavy atom. The smallest absolute Gasteiger partial charge is 0.407 e. The van der Waals surface area contributed by atoms with Crippen LogP contribution in [0.25, 0.3) is 0 Å². The molecule has 2 N–H and O–H groups in total. The molecule has 5 heteroatoms. The summed E-state index contributed by atoms with van der Waals surface area (Å²) in [6.45, 7) is 7.61. The number of ether oxygens (including phenoxy) is 1. The number of carbonyl (C=O) groups is 1. The molecule has 1 aromatic carbocycles. The maximum atomic E-state index is 12.9. The predicted octanol–water partition coefficient (Wildman–Crippen LogP) is 3.53. The summed E-state index contributed by atoms with van der Waals surface area (Å²) in [5.41, 5.74) is 0.590. The Morgan fingerprint density at radius 2 is 1.82 bits per heavy atom. The van der Waals surface area contributed by atoms with E-state index in [1.54, 1.807) is 12.1 Å². The normalized spacial score (nSPS) is 22.6. The van der Waals surface area contributed by atoms with Gasteiger partial charge in [0.25, 0.3) is 0 Å². The van der Waals surface area contributed by atoms with Crippen molar-refractivity contribution in [3.8, 4) is 0 Å². The number of nitrogens with one attached hydrogen (secondary N) is 2. The molecule has 122 valence electrons. The first-order valence-electron chi connectivity index (χ1n) is 7.74. The second-order valence-electron chi connectivity index (χ2n) is 6.95. The van der Waals surface area contributed by atoms with Gasteiger partial charge in [0.15, 0.2) is 0 Å². The molecular formula is C17H25FN2O2. The van der Waals surface area contributed by atoms with E-state index in [9.17, 15) is 9.18 Å². The van der Waals surface area contributed by atoms with Crippen molar-refractivity contribution >= 4 is 6.09 Å². The number of hydrogen-bond donors (Lipinski definition) is 2. The molecule has 1 saturated carbocycles. The van der Waals surface area contributed by atoms with Gasteiger partial charge in [0, 0.05) is 18.1 Å². The maximum absolute atomic E-state index is 12.9. The topological polar surface area (TPSA) is 50.4 Å². The molecule has 0 bridgehead atoms. The lowest BCUT2D eigenvalue weighted by Crippen LogP contribution is -2.53. The van der Waals surface area contributed by atoms with Crippen molar-refractivity contribution in [3.63, 3.8) is 0 Å². The molecule has 0 heterocycles. The molecule has 4 nitrogen and oxygen atoms in total. The molecule has 0 aromatic heterocycles. The first kappa shape index (κ1) is 16.7. The van der Waals surface area contributed by atoms with E-state index in [-0.39, 0.29) is 24.0 Å². The summed E-state index contributed by atoms with van der Waals surface area (Å²) in [5, 5.41) is 6.36. The quantitative estimate of drug-likeness (QED) is 0.894. The minimum atomic E-state index is -0.470. The summed E-state index contributed by atoms with van der Waals surface area (Å²) in [5.74, 6) is -0.221. The van der Waals surface area contributed by atoms with E-state index in [1.807, 2.05) is 20.8 Å². The Bertz CT molecular complexity index is 504. The molecular weight excluding hydrogens is 283 g/mol. The van der Waals surface area contributed by atoms with Crippen molar-refractivity contribution in [1.82, 2.24) is 10.6 Å². The fourth-order valence-corrected chi connectivity index (χ4v) is 2.55. The summed E-state index contributed by atoms with van der Waals surface area (Å²) in [4.78, 5) is 11.7. The van der Waals surface area contributed by atoms with Crippen LogP contribution in [0.1, 0.15) is 52.1 Å². The Labute approximate surface area is 131 Å². The molecule has 0 unspecified atom stereocenters. The van der Waals surface area contributed by atoms with Crippen molar-refractivity contribution in [2.75, 3.05) is 0 Å². The zero-order valence-electron chi connectivity index (χ0n) is 13.7. The van der Waals surface area contributed by atoms with Crippen LogP contribution in [0.4, 0.5) is 9.18 Å². The lowest BCUT2D eigenvalue weighted by Gasteiger charge is -2.38. The summed E-state index contributed by atoms with van der Waals surface area (Å²) in [6, 6.07) is 7.22. The van der Waals surface area contributed by atoms with Gasteiger partial charge in [-0.05, 0) is 58.2 Å². The SMILES string of the molecule is C[C@@H](NC1CC(NC(=O)OC(C)(C)C)C1)c1ccc(F)cc1. The average Bonchev–Trinajstić information content (AvgIpc) is 2.34. The number of alkyl carbamates (subject to hydrolysis) is 1. The predicted molar refractivity (Wildman–Crippen MR) is 84.1 cm³/mol. The number of rotatable bonds is 4. The number of halogens is 1. The molecule has 1 fully saturated rings. The number of amides is 1. The molecule has 1 amide bonds. The first-order chi connectivity index (χ1) is 10.2. The molecule has 2 rings (SSSR count). The van der Waals surface area contributed by atoms with Crippen LogP contribution in [0.5, 0.6) is 0 Å². The fourth-order valence-electron chi connectivity index (χ4n) is 2.55. The lowest BCUT2D eigenvalue weighted by atomic mass is 9.86. The Morgan fingerprint density at radius 1 is 1.23 bits per heavy atom. The zero-order valence-corrected chi connectivity index (χ0v) is 13.7. The van der Waals surface area contributed by atoms with Crippen LogP contribution in [0.2, 0.25) is 0 Å². The highest BCUT2D eigenvalue weighted by atomic mass is 19.1. The van der Waals surface area contributed by atoms with E-state index in [0.717, 1.165) is 18.4 Å². The summed E-state index contributed by atoms with van der Waals surface area (Å²) < 4.78 is 18.1. The van der Waals surface area contributed by atoms with Crippen LogP contribution < -0.4 is 10.6 Å². The Balaban J connectivity index is 1.71. The second kappa shape index (κ2) is 6.65. The van der Waals surface area contributed by atoms with Crippen LogP contribution in [0.15, 0.2) is 24.3 Å². The number of benzene rings is 1. The number of carbonyl (C=O) groups excluding carboxylic acids is 1. The molecule has 0 spiro atoms. The molecule has 0 saturated heterocycles. The van der Waals surface area contributed by atoms with Gasteiger partial charge in [-0.2, -0.15) is 0 Å². The monoisotopic (exact) mass is 308 g/mol. The molecule has 22 heavy (non-hydrogen) atoms. The van der Waals surface area contributed by atoms with Gasteiger partial charge in [0.05, 0.1) is 0 Å². The van der Waals surface area contributed by atoms with Gasteiger partial charge in [-0.15, -0.1) is 0 Å². The van der Waals surface area contributed by atoms with Gasteiger partial charge < -0.3 is 15.4 Å². The van der Waals surface area contributed by atoms with Crippen molar-refractivity contribution in [3.05, 3.63) is 35.6 Å². The van der Waals surface area contributed by atoms with E-state index in [1.165, 1.54) is 12.1 Å². The van der Waals surface area contributed by atoms with Gasteiger partial charge in [-0.1, -0.05) is 12.1 Å². The third kappa shape index (κ3) is 4.98. The molecule has 0 aliphatic heterocycles. The van der Waals surface area contributed by atoms with Gasteiger partial charge in [-0.3, -0.25) is 0 Å². The highest BCUT2D eigenvalue weighted by Crippen LogP contribution is 2.24. The minimum absolute atomic E-state index is 0.160. The standard InChI is InChI=1S/C17H25FN2O2/c1-11(12-5-7-13(18)8-6-12)19-14-9-15(10-14)20-16(21)22-17(2,3)4/h5-8,11,14-15,19H,9-10H2,1-4H3,(H,20,21)/t11-,14?,15?/m1/s1. The van der Waals surface area contributed by atoms with E-state index in [0.29, 0.717) is 6.04 Å². The lowest BCUT2D eigenvalue weighted by molar-refractivity contribution is 0.0463. The zero-order chi connectivity index (χ0) is 16.3. The van der Waals surface area contributed by atoms with Crippen LogP contribution >= 0.6 is 0 Å².